The molecule has 1 fully saturated rings. The fraction of sp³-hybridized carbons (Fsp3) is 0.179. The summed E-state index contributed by atoms with van der Waals surface area (Å²) in [6.07, 6.45) is 0. The zero-order valence-electron chi connectivity index (χ0n) is 19.8. The summed E-state index contributed by atoms with van der Waals surface area (Å²) < 4.78 is 0. The number of aryl methyl sites for hydroxylation is 1. The SMILES string of the molecule is Cc1ccc(N2C(c3ccccc3)=CS/C2=C(/C#N)C(=O)N2CCN(C(=O)c3cccs3)CC2)cc1. The Kier molecular flexibility index (Phi) is 6.94. The van der Waals surface area contributed by atoms with Crippen LogP contribution in [0.15, 0.2) is 88.1 Å². The van der Waals surface area contributed by atoms with E-state index in [0.717, 1.165) is 22.5 Å². The predicted octanol–water partition coefficient (Wildman–Crippen LogP) is 5.33. The summed E-state index contributed by atoms with van der Waals surface area (Å²) in [5, 5.41) is 14.6. The number of thioether (sulfide) groups is 1. The molecule has 36 heavy (non-hydrogen) atoms. The Morgan fingerprint density at radius 3 is 2.22 bits per heavy atom. The van der Waals surface area contributed by atoms with Gasteiger partial charge in [-0.25, -0.2) is 0 Å². The molecular weight excluding hydrogens is 488 g/mol. The summed E-state index contributed by atoms with van der Waals surface area (Å²) >= 11 is 2.81. The van der Waals surface area contributed by atoms with Crippen LogP contribution in [-0.4, -0.2) is 47.8 Å². The summed E-state index contributed by atoms with van der Waals surface area (Å²) in [4.78, 5) is 32.4. The van der Waals surface area contributed by atoms with Gasteiger partial charge in [-0.1, -0.05) is 65.9 Å². The lowest BCUT2D eigenvalue weighted by Crippen LogP contribution is -2.51. The first kappa shape index (κ1) is 23.9. The van der Waals surface area contributed by atoms with Gasteiger partial charge in [0.1, 0.15) is 16.7 Å². The van der Waals surface area contributed by atoms with E-state index in [1.807, 2.05) is 89.3 Å². The molecule has 2 aliphatic rings. The molecule has 8 heteroatoms. The van der Waals surface area contributed by atoms with Gasteiger partial charge in [0, 0.05) is 37.3 Å². The van der Waals surface area contributed by atoms with E-state index < -0.39 is 0 Å². The lowest BCUT2D eigenvalue weighted by atomic mass is 10.1. The van der Waals surface area contributed by atoms with Gasteiger partial charge in [-0.2, -0.15) is 5.26 Å². The van der Waals surface area contributed by atoms with Crippen LogP contribution in [0.2, 0.25) is 0 Å². The zero-order valence-corrected chi connectivity index (χ0v) is 21.4. The van der Waals surface area contributed by atoms with Crippen LogP contribution >= 0.6 is 23.1 Å². The number of anilines is 1. The molecular formula is C28H24N4O2S2. The number of benzene rings is 2. The highest BCUT2D eigenvalue weighted by molar-refractivity contribution is 8.06. The van der Waals surface area contributed by atoms with Gasteiger partial charge in [-0.3, -0.25) is 9.59 Å². The maximum absolute atomic E-state index is 13.6. The van der Waals surface area contributed by atoms with Crippen molar-refractivity contribution in [3.8, 4) is 6.07 Å². The van der Waals surface area contributed by atoms with Gasteiger partial charge in [-0.15, -0.1) is 11.3 Å². The van der Waals surface area contributed by atoms with Gasteiger partial charge in [0.15, 0.2) is 0 Å². The maximum Gasteiger partial charge on any atom is 0.267 e. The number of thiophene rings is 1. The molecule has 3 heterocycles. The monoisotopic (exact) mass is 512 g/mol. The van der Waals surface area contributed by atoms with Crippen molar-refractivity contribution in [1.82, 2.24) is 9.80 Å². The summed E-state index contributed by atoms with van der Waals surface area (Å²) in [7, 11) is 0. The third kappa shape index (κ3) is 4.68. The highest BCUT2D eigenvalue weighted by Crippen LogP contribution is 2.44. The van der Waals surface area contributed by atoms with Gasteiger partial charge >= 0.3 is 0 Å². The third-order valence-electron chi connectivity index (χ3n) is 6.21. The molecule has 1 aromatic heterocycles. The number of amides is 2. The fourth-order valence-electron chi connectivity index (χ4n) is 4.27. The number of hydrogen-bond donors (Lipinski definition) is 0. The normalized spacial score (nSPS) is 17.0. The molecule has 0 unspecified atom stereocenters. The second-order valence-corrected chi connectivity index (χ2v) is 10.3. The summed E-state index contributed by atoms with van der Waals surface area (Å²) in [5.41, 5.74) is 4.06. The quantitative estimate of drug-likeness (QED) is 0.349. The molecule has 0 spiro atoms. The molecule has 1 saturated heterocycles. The minimum atomic E-state index is -0.303. The van der Waals surface area contributed by atoms with Crippen LogP contribution in [0.5, 0.6) is 0 Å². The van der Waals surface area contributed by atoms with Gasteiger partial charge in [0.2, 0.25) is 0 Å². The third-order valence-corrected chi connectivity index (χ3v) is 8.02. The predicted molar refractivity (Wildman–Crippen MR) is 145 cm³/mol. The van der Waals surface area contributed by atoms with Crippen LogP contribution in [0.25, 0.3) is 5.70 Å². The molecule has 0 atom stereocenters. The van der Waals surface area contributed by atoms with Gasteiger partial charge < -0.3 is 14.7 Å². The van der Waals surface area contributed by atoms with E-state index in [2.05, 4.69) is 6.07 Å². The van der Waals surface area contributed by atoms with Crippen molar-refractivity contribution in [3.63, 3.8) is 0 Å². The average molecular weight is 513 g/mol. The van der Waals surface area contributed by atoms with E-state index in [9.17, 15) is 14.9 Å². The van der Waals surface area contributed by atoms with E-state index in [0.29, 0.717) is 36.1 Å². The van der Waals surface area contributed by atoms with E-state index in [-0.39, 0.29) is 17.4 Å². The van der Waals surface area contributed by atoms with Gasteiger partial charge in [0.05, 0.1) is 10.6 Å². The van der Waals surface area contributed by atoms with E-state index >= 15 is 0 Å². The number of rotatable bonds is 4. The van der Waals surface area contributed by atoms with E-state index in [4.69, 9.17) is 0 Å². The molecule has 0 N–H and O–H groups in total. The first-order chi connectivity index (χ1) is 17.6. The molecule has 3 aromatic rings. The molecule has 0 bridgehead atoms. The largest absolute Gasteiger partial charge is 0.334 e. The molecule has 0 aliphatic carbocycles. The summed E-state index contributed by atoms with van der Waals surface area (Å²) in [6.45, 7) is 3.70. The highest BCUT2D eigenvalue weighted by atomic mass is 32.2. The van der Waals surface area contributed by atoms with Crippen LogP contribution in [0.4, 0.5) is 5.69 Å². The molecule has 0 radical (unpaired) electrons. The first-order valence-corrected chi connectivity index (χ1v) is 13.4. The second-order valence-electron chi connectivity index (χ2n) is 8.51. The standard InChI is InChI=1S/C28H24N4O2S2/c1-20-9-11-22(12-10-20)32-24(21-6-3-2-4-7-21)19-36-28(32)23(18-29)26(33)30-13-15-31(16-14-30)27(34)25-8-5-17-35-25/h2-12,17,19H,13-16H2,1H3/b28-23-. The Morgan fingerprint density at radius 1 is 0.889 bits per heavy atom. The van der Waals surface area contributed by atoms with Crippen molar-refractivity contribution in [2.24, 2.45) is 0 Å². The fourth-order valence-corrected chi connectivity index (χ4v) is 5.98. The van der Waals surface area contributed by atoms with Crippen LogP contribution in [0.3, 0.4) is 0 Å². The Labute approximate surface area is 218 Å². The second kappa shape index (κ2) is 10.4. The molecule has 5 rings (SSSR count). The van der Waals surface area contributed by atoms with Gasteiger partial charge in [-0.05, 0) is 36.1 Å². The minimum absolute atomic E-state index is 0.00967. The number of carbonyl (C=O) groups excluding carboxylic acids is 2. The maximum atomic E-state index is 13.6. The van der Waals surface area contributed by atoms with Crippen LogP contribution < -0.4 is 4.90 Å². The number of carbonyl (C=O) groups is 2. The number of piperazine rings is 1. The number of nitriles is 1. The van der Waals surface area contributed by atoms with Crippen LogP contribution in [0, 0.1) is 18.3 Å². The van der Waals surface area contributed by atoms with Crippen molar-refractivity contribution in [3.05, 3.63) is 104 Å². The lowest BCUT2D eigenvalue weighted by molar-refractivity contribution is -0.128. The van der Waals surface area contributed by atoms with E-state index in [1.54, 1.807) is 9.80 Å². The molecule has 6 nitrogen and oxygen atoms in total. The zero-order chi connectivity index (χ0) is 25.1. The first-order valence-electron chi connectivity index (χ1n) is 11.6. The Balaban J connectivity index is 1.42. The molecule has 2 aliphatic heterocycles. The summed E-state index contributed by atoms with van der Waals surface area (Å²) in [5.74, 6) is -0.312. The topological polar surface area (TPSA) is 67.7 Å². The Hall–Kier alpha value is -3.80. The van der Waals surface area contributed by atoms with Crippen molar-refractivity contribution >= 4 is 46.3 Å². The number of hydrogen-bond acceptors (Lipinski definition) is 6. The molecule has 0 saturated carbocycles. The van der Waals surface area contributed by atoms with Crippen molar-refractivity contribution in [1.29, 1.82) is 5.26 Å². The van der Waals surface area contributed by atoms with E-state index in [1.165, 1.54) is 23.1 Å². The van der Waals surface area contributed by atoms with Crippen LogP contribution in [-0.2, 0) is 4.79 Å². The lowest BCUT2D eigenvalue weighted by Gasteiger charge is -2.35. The molecule has 2 amide bonds. The average Bonchev–Trinajstić information content (AvgIpc) is 3.61. The smallest absolute Gasteiger partial charge is 0.267 e. The molecule has 2 aromatic carbocycles. The highest BCUT2D eigenvalue weighted by Gasteiger charge is 2.33. The van der Waals surface area contributed by atoms with Crippen molar-refractivity contribution in [2.75, 3.05) is 31.1 Å². The number of nitrogens with zero attached hydrogens (tertiary/aromatic N) is 4. The molecule has 180 valence electrons. The summed E-state index contributed by atoms with van der Waals surface area (Å²) in [6, 6.07) is 23.9. The Morgan fingerprint density at radius 2 is 1.58 bits per heavy atom. The van der Waals surface area contributed by atoms with Crippen molar-refractivity contribution in [2.45, 2.75) is 6.92 Å². The Bertz CT molecular complexity index is 1370. The van der Waals surface area contributed by atoms with Crippen molar-refractivity contribution < 1.29 is 9.59 Å². The van der Waals surface area contributed by atoms with Crippen LogP contribution in [0.1, 0.15) is 20.8 Å². The van der Waals surface area contributed by atoms with Gasteiger partial charge in [0.25, 0.3) is 11.8 Å². The minimum Gasteiger partial charge on any atom is -0.334 e.